The predicted molar refractivity (Wildman–Crippen MR) is 73.6 cm³/mol. The Morgan fingerprint density at radius 1 is 1.30 bits per heavy atom. The number of amides is 3. The third kappa shape index (κ3) is 2.14. The number of carbonyl (C=O) groups excluding carboxylic acids is 2. The van der Waals surface area contributed by atoms with Gasteiger partial charge in [-0.05, 0) is 30.5 Å². The van der Waals surface area contributed by atoms with E-state index in [0.717, 1.165) is 5.56 Å². The van der Waals surface area contributed by atoms with Crippen LogP contribution in [0.2, 0.25) is 0 Å². The molecule has 1 fully saturated rings. The quantitative estimate of drug-likeness (QED) is 0.853. The molecule has 1 heterocycles. The van der Waals surface area contributed by atoms with Crippen molar-refractivity contribution >= 4 is 11.9 Å². The number of urea groups is 1. The summed E-state index contributed by atoms with van der Waals surface area (Å²) in [5.74, 6) is -0.232. The first-order valence-electron chi connectivity index (χ1n) is 6.69. The van der Waals surface area contributed by atoms with Crippen LogP contribution in [-0.2, 0) is 11.3 Å². The molecule has 0 unspecified atom stereocenters. The molecule has 0 aromatic heterocycles. The number of nitriles is 1. The molecule has 0 spiro atoms. The van der Waals surface area contributed by atoms with E-state index in [1.165, 1.54) is 0 Å². The van der Waals surface area contributed by atoms with Crippen LogP contribution in [-0.4, -0.2) is 22.4 Å². The largest absolute Gasteiger partial charge is 0.325 e. The van der Waals surface area contributed by atoms with E-state index < -0.39 is 5.54 Å². The Kier molecular flexibility index (Phi) is 3.75. The van der Waals surface area contributed by atoms with Crippen LogP contribution in [0.4, 0.5) is 4.79 Å². The number of benzene rings is 1. The standard InChI is InChI=1S/C15H17N3O2/c1-3-15(4-2)13(19)17-14(20)18(15)10-12-7-5-6-11(8-12)9-16/h5-8H,3-4,10H2,1-2H3,(H,17,19,20). The highest BCUT2D eigenvalue weighted by Crippen LogP contribution is 2.30. The summed E-state index contributed by atoms with van der Waals surface area (Å²) in [4.78, 5) is 25.6. The Morgan fingerprint density at radius 2 is 2.00 bits per heavy atom. The minimum atomic E-state index is -0.778. The number of rotatable bonds is 4. The average molecular weight is 271 g/mol. The molecule has 1 aliphatic rings. The summed E-state index contributed by atoms with van der Waals surface area (Å²) in [6, 6.07) is 8.81. The van der Waals surface area contributed by atoms with Crippen molar-refractivity contribution in [1.82, 2.24) is 10.2 Å². The van der Waals surface area contributed by atoms with Crippen LogP contribution in [0.15, 0.2) is 24.3 Å². The van der Waals surface area contributed by atoms with Gasteiger partial charge >= 0.3 is 6.03 Å². The van der Waals surface area contributed by atoms with Crippen LogP contribution >= 0.6 is 0 Å². The van der Waals surface area contributed by atoms with Crippen LogP contribution < -0.4 is 5.32 Å². The molecular weight excluding hydrogens is 254 g/mol. The number of carbonyl (C=O) groups is 2. The summed E-state index contributed by atoms with van der Waals surface area (Å²) in [5.41, 5.74) is 0.618. The van der Waals surface area contributed by atoms with Gasteiger partial charge in [0.1, 0.15) is 5.54 Å². The van der Waals surface area contributed by atoms with Crippen molar-refractivity contribution in [1.29, 1.82) is 5.26 Å². The Labute approximate surface area is 118 Å². The molecule has 0 bridgehead atoms. The normalized spacial score (nSPS) is 16.9. The van der Waals surface area contributed by atoms with Crippen molar-refractivity contribution in [3.63, 3.8) is 0 Å². The van der Waals surface area contributed by atoms with Gasteiger partial charge in [-0.1, -0.05) is 26.0 Å². The van der Waals surface area contributed by atoms with Gasteiger partial charge in [0.05, 0.1) is 11.6 Å². The van der Waals surface area contributed by atoms with E-state index in [9.17, 15) is 9.59 Å². The smallest absolute Gasteiger partial charge is 0.305 e. The van der Waals surface area contributed by atoms with Gasteiger partial charge in [0.25, 0.3) is 5.91 Å². The predicted octanol–water partition coefficient (Wildman–Crippen LogP) is 2.17. The second-order valence-electron chi connectivity index (χ2n) is 4.90. The van der Waals surface area contributed by atoms with Crippen molar-refractivity contribution in [3.8, 4) is 6.07 Å². The van der Waals surface area contributed by atoms with Crippen LogP contribution in [0.1, 0.15) is 37.8 Å². The van der Waals surface area contributed by atoms with Crippen molar-refractivity contribution < 1.29 is 9.59 Å². The molecule has 1 saturated heterocycles. The van der Waals surface area contributed by atoms with Gasteiger partial charge < -0.3 is 4.90 Å². The van der Waals surface area contributed by atoms with Gasteiger partial charge in [-0.25, -0.2) is 4.79 Å². The SMILES string of the molecule is CCC1(CC)C(=O)NC(=O)N1Cc1cccc(C#N)c1. The number of hydrogen-bond donors (Lipinski definition) is 1. The summed E-state index contributed by atoms with van der Waals surface area (Å²) in [5, 5.41) is 11.3. The van der Waals surface area contributed by atoms with Crippen LogP contribution in [0.25, 0.3) is 0 Å². The highest BCUT2D eigenvalue weighted by atomic mass is 16.2. The van der Waals surface area contributed by atoms with E-state index in [2.05, 4.69) is 11.4 Å². The van der Waals surface area contributed by atoms with Gasteiger partial charge in [-0.3, -0.25) is 10.1 Å². The fourth-order valence-corrected chi connectivity index (χ4v) is 2.70. The number of nitrogens with one attached hydrogen (secondary N) is 1. The summed E-state index contributed by atoms with van der Waals surface area (Å²) in [6.45, 7) is 4.13. The van der Waals surface area contributed by atoms with Crippen molar-refractivity contribution in [2.24, 2.45) is 0 Å². The van der Waals surface area contributed by atoms with Gasteiger partial charge in [-0.15, -0.1) is 0 Å². The molecule has 2 rings (SSSR count). The lowest BCUT2D eigenvalue weighted by Gasteiger charge is -2.33. The molecule has 104 valence electrons. The van der Waals surface area contributed by atoms with Gasteiger partial charge in [-0.2, -0.15) is 5.26 Å². The molecule has 0 atom stereocenters. The molecule has 0 saturated carbocycles. The number of hydrogen-bond acceptors (Lipinski definition) is 3. The lowest BCUT2D eigenvalue weighted by atomic mass is 9.91. The van der Waals surface area contributed by atoms with Crippen LogP contribution in [0, 0.1) is 11.3 Å². The Hall–Kier alpha value is -2.35. The second-order valence-corrected chi connectivity index (χ2v) is 4.90. The molecule has 3 amide bonds. The molecule has 1 aliphatic heterocycles. The fraction of sp³-hybridized carbons (Fsp3) is 0.400. The zero-order chi connectivity index (χ0) is 14.8. The minimum absolute atomic E-state index is 0.232. The van der Waals surface area contributed by atoms with E-state index >= 15 is 0 Å². The monoisotopic (exact) mass is 271 g/mol. The molecule has 20 heavy (non-hydrogen) atoms. The summed E-state index contributed by atoms with van der Waals surface area (Å²) >= 11 is 0. The van der Waals surface area contributed by atoms with Crippen LogP contribution in [0.5, 0.6) is 0 Å². The maximum Gasteiger partial charge on any atom is 0.325 e. The first-order valence-corrected chi connectivity index (χ1v) is 6.69. The topological polar surface area (TPSA) is 73.2 Å². The summed E-state index contributed by atoms with van der Waals surface area (Å²) < 4.78 is 0. The molecule has 1 aromatic rings. The third-order valence-electron chi connectivity index (χ3n) is 3.97. The van der Waals surface area contributed by atoms with E-state index in [-0.39, 0.29) is 11.9 Å². The highest BCUT2D eigenvalue weighted by molar-refractivity contribution is 6.06. The van der Waals surface area contributed by atoms with Crippen molar-refractivity contribution in [2.75, 3.05) is 0 Å². The third-order valence-corrected chi connectivity index (χ3v) is 3.97. The maximum absolute atomic E-state index is 12.1. The molecule has 1 N–H and O–H groups in total. The zero-order valence-corrected chi connectivity index (χ0v) is 11.6. The van der Waals surface area contributed by atoms with Gasteiger partial charge in [0.15, 0.2) is 0 Å². The molecule has 5 nitrogen and oxygen atoms in total. The van der Waals surface area contributed by atoms with Gasteiger partial charge in [0, 0.05) is 6.54 Å². The van der Waals surface area contributed by atoms with E-state index in [0.29, 0.717) is 24.9 Å². The lowest BCUT2D eigenvalue weighted by Crippen LogP contribution is -2.48. The second kappa shape index (κ2) is 5.33. The van der Waals surface area contributed by atoms with Crippen molar-refractivity contribution in [3.05, 3.63) is 35.4 Å². The van der Waals surface area contributed by atoms with Crippen molar-refractivity contribution in [2.45, 2.75) is 38.8 Å². The number of imide groups is 1. The fourth-order valence-electron chi connectivity index (χ4n) is 2.70. The van der Waals surface area contributed by atoms with E-state index in [1.807, 2.05) is 19.9 Å². The molecule has 0 aliphatic carbocycles. The molecule has 5 heteroatoms. The van der Waals surface area contributed by atoms with Gasteiger partial charge in [0.2, 0.25) is 0 Å². The van der Waals surface area contributed by atoms with Crippen LogP contribution in [0.3, 0.4) is 0 Å². The Morgan fingerprint density at radius 3 is 2.60 bits per heavy atom. The number of nitrogens with zero attached hydrogens (tertiary/aromatic N) is 2. The van der Waals surface area contributed by atoms with E-state index in [1.54, 1.807) is 23.1 Å². The molecule has 0 radical (unpaired) electrons. The Balaban J connectivity index is 2.33. The van der Waals surface area contributed by atoms with E-state index in [4.69, 9.17) is 5.26 Å². The first-order chi connectivity index (χ1) is 9.57. The minimum Gasteiger partial charge on any atom is -0.305 e. The summed E-state index contributed by atoms with van der Waals surface area (Å²) in [7, 11) is 0. The average Bonchev–Trinajstić information content (AvgIpc) is 2.70. The Bertz CT molecular complexity index is 585. The highest BCUT2D eigenvalue weighted by Gasteiger charge is 2.50. The summed E-state index contributed by atoms with van der Waals surface area (Å²) in [6.07, 6.45) is 1.14. The molecule has 1 aromatic carbocycles. The first kappa shape index (κ1) is 14.1. The lowest BCUT2D eigenvalue weighted by molar-refractivity contribution is -0.127. The zero-order valence-electron chi connectivity index (χ0n) is 11.6. The molecular formula is C15H17N3O2. The maximum atomic E-state index is 12.1.